The molecule has 4 aromatic carbocycles. The van der Waals surface area contributed by atoms with Gasteiger partial charge in [-0.15, -0.1) is 0 Å². The third-order valence-corrected chi connectivity index (χ3v) is 12.8. The average molecular weight is 790 g/mol. The van der Waals surface area contributed by atoms with Gasteiger partial charge in [0.2, 0.25) is 5.90 Å². The highest BCUT2D eigenvalue weighted by molar-refractivity contribution is 5.97. The van der Waals surface area contributed by atoms with Gasteiger partial charge in [-0.25, -0.2) is 9.98 Å². The fraction of sp³-hybridized carbons (Fsp3) is 0.444. The summed E-state index contributed by atoms with van der Waals surface area (Å²) in [5, 5.41) is 0. The minimum atomic E-state index is -0.264. The SMILES string of the molecule is CCCC(CCC)[C@]1(C)COC(c2cc(Oc3cc(C)cc(N4c5ccc(C(C)(C)C)cc5C(C)(C)c5cccnc54)c3)cc(-c3c(C(C)C)cccc3C(C)C)c2)=N1. The lowest BCUT2D eigenvalue weighted by Crippen LogP contribution is -2.34. The van der Waals surface area contributed by atoms with Gasteiger partial charge in [0.1, 0.15) is 23.9 Å². The van der Waals surface area contributed by atoms with E-state index in [0.717, 1.165) is 71.1 Å². The minimum Gasteiger partial charge on any atom is -0.475 e. The van der Waals surface area contributed by atoms with Crippen molar-refractivity contribution in [1.82, 2.24) is 4.98 Å². The first kappa shape index (κ1) is 42.2. The molecule has 5 nitrogen and oxygen atoms in total. The Hall–Kier alpha value is -4.90. The number of hydrogen-bond acceptors (Lipinski definition) is 5. The molecule has 1 aromatic heterocycles. The minimum absolute atomic E-state index is 0.0228. The standard InChI is InChI=1S/C54H67N3O2/c1-14-18-39(19-15-2)54(13)33-58-51(56-54)38-28-37(49-44(34(3)4)20-16-21-45(49)35(5)6)29-43(30-38)59-42-27-36(7)26-41(32-42)57-48-24-23-40(52(8,9)10)31-47(48)53(11,12)46-22-17-25-55-50(46)57/h16-17,20-32,34-35,39H,14-15,18-19,33H2,1-13H3/t54-/m0/s1. The van der Waals surface area contributed by atoms with E-state index >= 15 is 0 Å². The molecule has 0 fully saturated rings. The van der Waals surface area contributed by atoms with Gasteiger partial charge in [-0.1, -0.05) is 125 Å². The van der Waals surface area contributed by atoms with Crippen LogP contribution in [0, 0.1) is 12.8 Å². The molecule has 0 spiro atoms. The van der Waals surface area contributed by atoms with E-state index in [0.29, 0.717) is 30.3 Å². The van der Waals surface area contributed by atoms with Crippen LogP contribution < -0.4 is 9.64 Å². The average Bonchev–Trinajstić information content (AvgIpc) is 3.59. The van der Waals surface area contributed by atoms with Crippen molar-refractivity contribution in [3.8, 4) is 22.6 Å². The van der Waals surface area contributed by atoms with Crippen LogP contribution in [0.4, 0.5) is 17.2 Å². The summed E-state index contributed by atoms with van der Waals surface area (Å²) in [5.41, 5.74) is 12.6. The molecule has 2 aliphatic heterocycles. The van der Waals surface area contributed by atoms with Crippen LogP contribution in [0.1, 0.15) is 160 Å². The number of aryl methyl sites for hydroxylation is 1. The van der Waals surface area contributed by atoms with Crippen LogP contribution in [0.15, 0.2) is 96.1 Å². The van der Waals surface area contributed by atoms with Crippen LogP contribution in [-0.2, 0) is 15.6 Å². The van der Waals surface area contributed by atoms with E-state index in [1.165, 1.54) is 33.4 Å². The van der Waals surface area contributed by atoms with Crippen molar-refractivity contribution in [1.29, 1.82) is 0 Å². The molecule has 3 heterocycles. The molecule has 0 unspecified atom stereocenters. The van der Waals surface area contributed by atoms with E-state index in [9.17, 15) is 0 Å². The van der Waals surface area contributed by atoms with E-state index in [1.807, 2.05) is 6.20 Å². The Morgan fingerprint density at radius 3 is 2.07 bits per heavy atom. The van der Waals surface area contributed by atoms with Crippen molar-refractivity contribution in [2.45, 2.75) is 144 Å². The van der Waals surface area contributed by atoms with Gasteiger partial charge >= 0.3 is 0 Å². The molecule has 0 aliphatic carbocycles. The highest BCUT2D eigenvalue weighted by atomic mass is 16.5. The first-order chi connectivity index (χ1) is 27.9. The smallest absolute Gasteiger partial charge is 0.216 e. The molecule has 0 amide bonds. The Bertz CT molecular complexity index is 2330. The zero-order valence-electron chi connectivity index (χ0n) is 38.1. The maximum Gasteiger partial charge on any atom is 0.216 e. The number of aromatic nitrogens is 1. The van der Waals surface area contributed by atoms with Gasteiger partial charge < -0.3 is 9.47 Å². The lowest BCUT2D eigenvalue weighted by molar-refractivity contribution is 0.188. The van der Waals surface area contributed by atoms with Crippen molar-refractivity contribution in [3.63, 3.8) is 0 Å². The number of ether oxygens (including phenoxy) is 2. The number of benzene rings is 4. The van der Waals surface area contributed by atoms with Gasteiger partial charge in [0.05, 0.1) is 16.9 Å². The van der Waals surface area contributed by atoms with E-state index in [-0.39, 0.29) is 16.4 Å². The van der Waals surface area contributed by atoms with E-state index in [1.54, 1.807) is 0 Å². The molecule has 7 rings (SSSR count). The van der Waals surface area contributed by atoms with Crippen LogP contribution in [0.5, 0.6) is 11.5 Å². The highest BCUT2D eigenvalue weighted by Gasteiger charge is 2.40. The third-order valence-electron chi connectivity index (χ3n) is 12.8. The summed E-state index contributed by atoms with van der Waals surface area (Å²) in [4.78, 5) is 12.8. The second kappa shape index (κ2) is 16.3. The first-order valence-electron chi connectivity index (χ1n) is 22.2. The summed E-state index contributed by atoms with van der Waals surface area (Å²) >= 11 is 0. The van der Waals surface area contributed by atoms with Crippen molar-refractivity contribution >= 4 is 23.1 Å². The third kappa shape index (κ3) is 8.19. The van der Waals surface area contributed by atoms with E-state index < -0.39 is 0 Å². The number of anilines is 3. The molecule has 0 N–H and O–H groups in total. The summed E-state index contributed by atoms with van der Waals surface area (Å²) in [6, 6.07) is 31.2. The monoisotopic (exact) mass is 790 g/mol. The van der Waals surface area contributed by atoms with Crippen molar-refractivity contribution < 1.29 is 9.47 Å². The number of nitrogens with zero attached hydrogens (tertiary/aromatic N) is 3. The summed E-state index contributed by atoms with van der Waals surface area (Å²) in [6.45, 7) is 30.2. The maximum absolute atomic E-state index is 7.05. The molecule has 0 saturated heterocycles. The van der Waals surface area contributed by atoms with E-state index in [4.69, 9.17) is 19.5 Å². The quantitative estimate of drug-likeness (QED) is 0.126. The Kier molecular flexibility index (Phi) is 11.7. The number of pyridine rings is 1. The van der Waals surface area contributed by atoms with Gasteiger partial charge in [0.15, 0.2) is 0 Å². The largest absolute Gasteiger partial charge is 0.475 e. The molecule has 310 valence electrons. The van der Waals surface area contributed by atoms with Gasteiger partial charge in [-0.2, -0.15) is 0 Å². The molecular formula is C54H67N3O2. The number of hydrogen-bond donors (Lipinski definition) is 0. The predicted octanol–water partition coefficient (Wildman–Crippen LogP) is 15.3. The molecule has 0 saturated carbocycles. The van der Waals surface area contributed by atoms with Gasteiger partial charge in [0.25, 0.3) is 0 Å². The maximum atomic E-state index is 7.05. The normalized spacial score (nSPS) is 17.3. The Balaban J connectivity index is 1.38. The van der Waals surface area contributed by atoms with Crippen LogP contribution in [0.3, 0.4) is 0 Å². The summed E-state index contributed by atoms with van der Waals surface area (Å²) in [5.74, 6) is 4.34. The summed E-state index contributed by atoms with van der Waals surface area (Å²) < 4.78 is 13.6. The molecular weight excluding hydrogens is 723 g/mol. The van der Waals surface area contributed by atoms with Crippen molar-refractivity contribution in [2.24, 2.45) is 10.9 Å². The summed E-state index contributed by atoms with van der Waals surface area (Å²) in [6.07, 6.45) is 6.47. The Labute approximate surface area is 355 Å². The van der Waals surface area contributed by atoms with Crippen LogP contribution >= 0.6 is 0 Å². The number of aliphatic imine (C=N–C) groups is 1. The Morgan fingerprint density at radius 1 is 0.763 bits per heavy atom. The molecule has 1 atom stereocenters. The fourth-order valence-corrected chi connectivity index (χ4v) is 9.48. The van der Waals surface area contributed by atoms with Gasteiger partial charge in [-0.3, -0.25) is 4.90 Å². The lowest BCUT2D eigenvalue weighted by atomic mass is 9.72. The fourth-order valence-electron chi connectivity index (χ4n) is 9.48. The van der Waals surface area contributed by atoms with Crippen LogP contribution in [-0.4, -0.2) is 23.0 Å². The molecule has 2 aliphatic rings. The Morgan fingerprint density at radius 2 is 1.42 bits per heavy atom. The van der Waals surface area contributed by atoms with Crippen molar-refractivity contribution in [2.75, 3.05) is 11.5 Å². The second-order valence-electron chi connectivity index (χ2n) is 19.6. The highest BCUT2D eigenvalue weighted by Crippen LogP contribution is 2.52. The van der Waals surface area contributed by atoms with E-state index in [2.05, 4.69) is 180 Å². The lowest BCUT2D eigenvalue weighted by Gasteiger charge is -2.41. The van der Waals surface area contributed by atoms with Crippen LogP contribution in [0.25, 0.3) is 11.1 Å². The second-order valence-corrected chi connectivity index (χ2v) is 19.6. The number of fused-ring (bicyclic) bond motifs is 2. The summed E-state index contributed by atoms with van der Waals surface area (Å²) in [7, 11) is 0. The van der Waals surface area contributed by atoms with Crippen LogP contribution in [0.2, 0.25) is 0 Å². The molecule has 0 radical (unpaired) electrons. The predicted molar refractivity (Wildman–Crippen MR) is 249 cm³/mol. The van der Waals surface area contributed by atoms with Gasteiger partial charge in [-0.05, 0) is 131 Å². The first-order valence-corrected chi connectivity index (χ1v) is 22.2. The molecule has 5 aromatic rings. The van der Waals surface area contributed by atoms with Crippen molar-refractivity contribution in [3.05, 3.63) is 130 Å². The zero-order chi connectivity index (χ0) is 42.4. The molecule has 0 bridgehead atoms. The number of rotatable bonds is 12. The molecule has 59 heavy (non-hydrogen) atoms. The topological polar surface area (TPSA) is 47.0 Å². The zero-order valence-corrected chi connectivity index (χ0v) is 38.1. The molecule has 5 heteroatoms. The van der Waals surface area contributed by atoms with Gasteiger partial charge in [0, 0.05) is 28.8 Å².